The van der Waals surface area contributed by atoms with Crippen LogP contribution >= 0.6 is 34.5 Å². The molecule has 1 aromatic heterocycles. The fourth-order valence-corrected chi connectivity index (χ4v) is 4.91. The summed E-state index contributed by atoms with van der Waals surface area (Å²) in [5.74, 6) is 0.0279. The smallest absolute Gasteiger partial charge is 0.230 e. The monoisotopic (exact) mass is 426 g/mol. The highest BCUT2D eigenvalue weighted by Gasteiger charge is 2.42. The molecule has 0 unspecified atom stereocenters. The summed E-state index contributed by atoms with van der Waals surface area (Å²) in [6, 6.07) is 5.38. The maximum absolute atomic E-state index is 13.1. The summed E-state index contributed by atoms with van der Waals surface area (Å²) < 4.78 is 5.50. The number of nitrogens with zero attached hydrogens (tertiary/aromatic N) is 1. The van der Waals surface area contributed by atoms with Crippen LogP contribution in [0.3, 0.4) is 0 Å². The number of nitrogens with one attached hydrogen (secondary N) is 1. The first kappa shape index (κ1) is 20.6. The molecule has 4 nitrogen and oxygen atoms in total. The van der Waals surface area contributed by atoms with Gasteiger partial charge in [-0.2, -0.15) is 0 Å². The van der Waals surface area contributed by atoms with Gasteiger partial charge in [0.2, 0.25) is 5.91 Å². The number of rotatable bonds is 7. The number of benzene rings is 1. The fourth-order valence-electron chi connectivity index (χ4n) is 3.51. The molecule has 1 saturated heterocycles. The predicted octanol–water partition coefficient (Wildman–Crippen LogP) is 4.95. The third-order valence-corrected chi connectivity index (χ3v) is 6.57. The first-order chi connectivity index (χ1) is 13.0. The molecule has 3 rings (SSSR count). The van der Waals surface area contributed by atoms with Crippen LogP contribution in [0.4, 0.5) is 0 Å². The van der Waals surface area contributed by atoms with Crippen LogP contribution in [0.25, 0.3) is 0 Å². The van der Waals surface area contributed by atoms with Crippen molar-refractivity contribution >= 4 is 40.4 Å². The van der Waals surface area contributed by atoms with Gasteiger partial charge in [0.25, 0.3) is 0 Å². The Bertz CT molecular complexity index is 788. The molecule has 0 radical (unpaired) electrons. The molecule has 2 aromatic rings. The number of unbranched alkanes of at least 4 members (excludes halogenated alkanes) is 1. The van der Waals surface area contributed by atoms with Gasteiger partial charge >= 0.3 is 0 Å². The Labute approximate surface area is 174 Å². The van der Waals surface area contributed by atoms with Crippen LogP contribution in [0, 0.1) is 6.92 Å². The fraction of sp³-hybridized carbons (Fsp3) is 0.500. The number of hydrogen-bond acceptors (Lipinski definition) is 4. The van der Waals surface area contributed by atoms with Gasteiger partial charge in [-0.05, 0) is 56.7 Å². The Hall–Kier alpha value is -1.14. The van der Waals surface area contributed by atoms with Gasteiger partial charge in [0.05, 0.1) is 10.4 Å². The molecule has 7 heteroatoms. The average Bonchev–Trinajstić information content (AvgIpc) is 3.07. The summed E-state index contributed by atoms with van der Waals surface area (Å²) in [6.07, 6.45) is 4.13. The summed E-state index contributed by atoms with van der Waals surface area (Å²) in [4.78, 5) is 17.6. The Kier molecular flexibility index (Phi) is 7.15. The minimum absolute atomic E-state index is 0.0279. The standard InChI is InChI=1S/C20H24Cl2N2O2S/c1-14-13-27-18(24-14)4-2-3-9-23-19(25)20(7-10-26-11-8-20)16-6-5-15(21)12-17(16)22/h5-6,12-13H,2-4,7-11H2,1H3,(H,23,25). The van der Waals surface area contributed by atoms with Gasteiger partial charge in [0.1, 0.15) is 0 Å². The minimum atomic E-state index is -0.646. The van der Waals surface area contributed by atoms with Gasteiger partial charge in [0.15, 0.2) is 0 Å². The number of ether oxygens (including phenoxy) is 1. The van der Waals surface area contributed by atoms with E-state index in [1.807, 2.05) is 13.0 Å². The molecule has 1 aromatic carbocycles. The van der Waals surface area contributed by atoms with Crippen LogP contribution in [0.1, 0.15) is 41.9 Å². The van der Waals surface area contributed by atoms with Crippen molar-refractivity contribution in [3.8, 4) is 0 Å². The van der Waals surface area contributed by atoms with Crippen LogP contribution in [-0.2, 0) is 21.4 Å². The Morgan fingerprint density at radius 3 is 2.74 bits per heavy atom. The Morgan fingerprint density at radius 2 is 2.07 bits per heavy atom. The highest BCUT2D eigenvalue weighted by Crippen LogP contribution is 2.39. The Balaban J connectivity index is 1.60. The number of halogens is 2. The van der Waals surface area contributed by atoms with E-state index in [4.69, 9.17) is 27.9 Å². The van der Waals surface area contributed by atoms with Crippen molar-refractivity contribution in [1.29, 1.82) is 0 Å². The van der Waals surface area contributed by atoms with Gasteiger partial charge in [-0.25, -0.2) is 4.98 Å². The molecule has 2 heterocycles. The average molecular weight is 427 g/mol. The van der Waals surface area contributed by atoms with Crippen LogP contribution in [-0.4, -0.2) is 30.6 Å². The van der Waals surface area contributed by atoms with Crippen molar-refractivity contribution in [1.82, 2.24) is 10.3 Å². The molecule has 0 spiro atoms. The SMILES string of the molecule is Cc1csc(CCCCNC(=O)C2(c3ccc(Cl)cc3Cl)CCOCC2)n1. The van der Waals surface area contributed by atoms with E-state index in [1.165, 1.54) is 0 Å². The molecule has 1 aliphatic rings. The van der Waals surface area contributed by atoms with Gasteiger partial charge in [-0.3, -0.25) is 4.79 Å². The van der Waals surface area contributed by atoms with Crippen molar-refractivity contribution < 1.29 is 9.53 Å². The topological polar surface area (TPSA) is 51.2 Å². The second-order valence-electron chi connectivity index (χ2n) is 6.91. The van der Waals surface area contributed by atoms with Crippen molar-refractivity contribution in [3.63, 3.8) is 0 Å². The van der Waals surface area contributed by atoms with Crippen molar-refractivity contribution in [3.05, 3.63) is 49.9 Å². The normalized spacial score (nSPS) is 16.3. The summed E-state index contributed by atoms with van der Waals surface area (Å²) in [5, 5.41) is 7.47. The van der Waals surface area contributed by atoms with E-state index < -0.39 is 5.41 Å². The van der Waals surface area contributed by atoms with Crippen LogP contribution in [0.15, 0.2) is 23.6 Å². The van der Waals surface area contributed by atoms with E-state index in [2.05, 4.69) is 15.7 Å². The molecule has 0 atom stereocenters. The second-order valence-corrected chi connectivity index (χ2v) is 8.70. The Morgan fingerprint density at radius 1 is 1.30 bits per heavy atom. The highest BCUT2D eigenvalue weighted by atomic mass is 35.5. The highest BCUT2D eigenvalue weighted by molar-refractivity contribution is 7.09. The maximum atomic E-state index is 13.1. The molecule has 146 valence electrons. The minimum Gasteiger partial charge on any atom is -0.381 e. The quantitative estimate of drug-likeness (QED) is 0.637. The van der Waals surface area contributed by atoms with E-state index in [0.29, 0.717) is 42.6 Å². The zero-order valence-corrected chi connectivity index (χ0v) is 17.7. The molecule has 1 N–H and O–H groups in total. The summed E-state index contributed by atoms with van der Waals surface area (Å²) in [5.41, 5.74) is 1.27. The van der Waals surface area contributed by atoms with E-state index in [9.17, 15) is 4.79 Å². The number of amides is 1. The molecule has 1 fully saturated rings. The van der Waals surface area contributed by atoms with Gasteiger partial charge in [0, 0.05) is 40.9 Å². The maximum Gasteiger partial charge on any atom is 0.230 e. The largest absolute Gasteiger partial charge is 0.381 e. The lowest BCUT2D eigenvalue weighted by atomic mass is 9.73. The number of thiazole rings is 1. The number of carbonyl (C=O) groups is 1. The predicted molar refractivity (Wildman–Crippen MR) is 111 cm³/mol. The number of carbonyl (C=O) groups excluding carboxylic acids is 1. The zero-order valence-electron chi connectivity index (χ0n) is 15.4. The summed E-state index contributed by atoms with van der Waals surface area (Å²) in [6.45, 7) is 3.76. The van der Waals surface area contributed by atoms with Crippen molar-refractivity contribution in [2.45, 2.75) is 44.4 Å². The lowest BCUT2D eigenvalue weighted by molar-refractivity contribution is -0.130. The van der Waals surface area contributed by atoms with Crippen LogP contribution in [0.2, 0.25) is 10.0 Å². The number of aromatic nitrogens is 1. The summed E-state index contributed by atoms with van der Waals surface area (Å²) >= 11 is 14.2. The van der Waals surface area contributed by atoms with Crippen molar-refractivity contribution in [2.75, 3.05) is 19.8 Å². The summed E-state index contributed by atoms with van der Waals surface area (Å²) in [7, 11) is 0. The molecule has 27 heavy (non-hydrogen) atoms. The lowest BCUT2D eigenvalue weighted by Crippen LogP contribution is -2.48. The van der Waals surface area contributed by atoms with E-state index in [0.717, 1.165) is 35.5 Å². The molecule has 0 aliphatic carbocycles. The number of aryl methyl sites for hydroxylation is 2. The number of hydrogen-bond donors (Lipinski definition) is 1. The van der Waals surface area contributed by atoms with E-state index in [1.54, 1.807) is 23.5 Å². The first-order valence-electron chi connectivity index (χ1n) is 9.24. The van der Waals surface area contributed by atoms with E-state index in [-0.39, 0.29) is 5.91 Å². The van der Waals surface area contributed by atoms with Crippen LogP contribution in [0.5, 0.6) is 0 Å². The molecular formula is C20H24Cl2N2O2S. The molecule has 1 aliphatic heterocycles. The molecule has 0 bridgehead atoms. The molecule has 1 amide bonds. The van der Waals surface area contributed by atoms with Gasteiger partial charge < -0.3 is 10.1 Å². The first-order valence-corrected chi connectivity index (χ1v) is 10.9. The third-order valence-electron chi connectivity index (χ3n) is 5.00. The lowest BCUT2D eigenvalue weighted by Gasteiger charge is -2.37. The van der Waals surface area contributed by atoms with Gasteiger partial charge in [-0.15, -0.1) is 11.3 Å². The second kappa shape index (κ2) is 9.37. The zero-order chi connectivity index (χ0) is 19.3. The van der Waals surface area contributed by atoms with Crippen molar-refractivity contribution in [2.24, 2.45) is 0 Å². The molecular weight excluding hydrogens is 403 g/mol. The van der Waals surface area contributed by atoms with E-state index >= 15 is 0 Å². The third kappa shape index (κ3) is 5.02. The van der Waals surface area contributed by atoms with Gasteiger partial charge in [-0.1, -0.05) is 29.3 Å². The van der Waals surface area contributed by atoms with Crippen LogP contribution < -0.4 is 5.32 Å². The molecule has 0 saturated carbocycles.